The first kappa shape index (κ1) is 19.1. The number of rotatable bonds is 3. The van der Waals surface area contributed by atoms with Gasteiger partial charge < -0.3 is 4.90 Å². The zero-order valence-corrected chi connectivity index (χ0v) is 17.6. The summed E-state index contributed by atoms with van der Waals surface area (Å²) in [5.41, 5.74) is 2.99. The summed E-state index contributed by atoms with van der Waals surface area (Å²) in [6.07, 6.45) is 5.77. The minimum absolute atomic E-state index is 0.0258. The third-order valence-corrected chi connectivity index (χ3v) is 7.94. The minimum atomic E-state index is -3.95. The van der Waals surface area contributed by atoms with Gasteiger partial charge in [-0.25, -0.2) is 12.4 Å². The van der Waals surface area contributed by atoms with E-state index >= 15 is 0 Å². The van der Waals surface area contributed by atoms with Crippen LogP contribution in [-0.4, -0.2) is 54.5 Å². The van der Waals surface area contributed by atoms with Gasteiger partial charge in [-0.3, -0.25) is 9.88 Å². The molecule has 154 valence electrons. The maximum atomic E-state index is 13.6. The second kappa shape index (κ2) is 7.11. The monoisotopic (exact) mass is 421 g/mol. The van der Waals surface area contributed by atoms with Crippen molar-refractivity contribution in [3.63, 3.8) is 0 Å². The fourth-order valence-electron chi connectivity index (χ4n) is 4.70. The molecule has 0 amide bonds. The van der Waals surface area contributed by atoms with Gasteiger partial charge in [-0.2, -0.15) is 5.26 Å². The van der Waals surface area contributed by atoms with E-state index in [1.807, 2.05) is 13.0 Å². The van der Waals surface area contributed by atoms with E-state index in [1.165, 1.54) is 16.8 Å². The van der Waals surface area contributed by atoms with Gasteiger partial charge in [0, 0.05) is 38.1 Å². The molecule has 0 spiro atoms. The van der Waals surface area contributed by atoms with Crippen LogP contribution in [0.15, 0.2) is 47.6 Å². The Balaban J connectivity index is 1.65. The molecule has 2 fully saturated rings. The number of aromatic nitrogens is 2. The zero-order valence-electron chi connectivity index (χ0n) is 16.8. The number of piperazine rings is 1. The number of pyridine rings is 1. The summed E-state index contributed by atoms with van der Waals surface area (Å²) >= 11 is 0. The highest BCUT2D eigenvalue weighted by atomic mass is 32.2. The second-order valence-electron chi connectivity index (χ2n) is 8.08. The van der Waals surface area contributed by atoms with Gasteiger partial charge in [0.15, 0.2) is 0 Å². The molecule has 30 heavy (non-hydrogen) atoms. The van der Waals surface area contributed by atoms with Crippen LogP contribution in [-0.2, 0) is 10.0 Å². The Bertz CT molecular complexity index is 1270. The highest BCUT2D eigenvalue weighted by molar-refractivity contribution is 7.90. The van der Waals surface area contributed by atoms with Crippen molar-refractivity contribution in [3.8, 4) is 6.07 Å². The number of hydrogen-bond acceptors (Lipinski definition) is 6. The third kappa shape index (κ3) is 2.97. The van der Waals surface area contributed by atoms with Crippen molar-refractivity contribution in [1.82, 2.24) is 13.9 Å². The smallest absolute Gasteiger partial charge is 0.269 e. The third-order valence-electron chi connectivity index (χ3n) is 6.23. The molecule has 4 heterocycles. The van der Waals surface area contributed by atoms with Crippen molar-refractivity contribution in [3.05, 3.63) is 53.9 Å². The van der Waals surface area contributed by atoms with Crippen LogP contribution in [0.5, 0.6) is 0 Å². The van der Waals surface area contributed by atoms with E-state index in [-0.39, 0.29) is 10.5 Å². The lowest BCUT2D eigenvalue weighted by Crippen LogP contribution is -2.50. The van der Waals surface area contributed by atoms with Crippen molar-refractivity contribution in [1.29, 1.82) is 5.26 Å². The zero-order chi connectivity index (χ0) is 20.9. The molecule has 0 saturated carbocycles. The number of benzene rings is 1. The van der Waals surface area contributed by atoms with Crippen LogP contribution in [0, 0.1) is 18.3 Å². The van der Waals surface area contributed by atoms with Gasteiger partial charge in [-0.15, -0.1) is 0 Å². The Hall–Kier alpha value is -2.89. The van der Waals surface area contributed by atoms with Crippen LogP contribution in [0.4, 0.5) is 5.69 Å². The molecule has 5 rings (SSSR count). The first-order chi connectivity index (χ1) is 14.5. The molecule has 0 bridgehead atoms. The van der Waals surface area contributed by atoms with Crippen molar-refractivity contribution in [2.24, 2.45) is 0 Å². The van der Waals surface area contributed by atoms with Crippen molar-refractivity contribution >= 4 is 26.7 Å². The Kier molecular flexibility index (Phi) is 4.53. The van der Waals surface area contributed by atoms with Crippen LogP contribution in [0.1, 0.15) is 24.0 Å². The maximum Gasteiger partial charge on any atom is 0.269 e. The normalized spacial score (nSPS) is 19.7. The van der Waals surface area contributed by atoms with Gasteiger partial charge in [-0.1, -0.05) is 6.07 Å². The molecule has 1 atom stereocenters. The summed E-state index contributed by atoms with van der Waals surface area (Å²) in [5.74, 6) is 0. The van der Waals surface area contributed by atoms with Gasteiger partial charge >= 0.3 is 0 Å². The van der Waals surface area contributed by atoms with E-state index in [2.05, 4.69) is 14.8 Å². The molecule has 7 nitrogen and oxygen atoms in total. The van der Waals surface area contributed by atoms with Crippen LogP contribution >= 0.6 is 0 Å². The standard InChI is InChI=1S/C22H23N5O2S/c1-16-6-7-17(13-23)21(12-16)30(28,29)27-15-20(22-19(27)5-2-8-24-22)26-11-10-25-9-3-4-18(25)14-26/h2,5-8,12,15,18H,3-4,9-11,14H2,1H3. The number of nitriles is 1. The fourth-order valence-corrected chi connectivity index (χ4v) is 6.28. The average Bonchev–Trinajstić information content (AvgIpc) is 3.38. The average molecular weight is 422 g/mol. The van der Waals surface area contributed by atoms with Crippen molar-refractivity contribution in [2.75, 3.05) is 31.1 Å². The van der Waals surface area contributed by atoms with E-state index in [0.717, 1.165) is 37.4 Å². The van der Waals surface area contributed by atoms with Gasteiger partial charge in [0.1, 0.15) is 16.5 Å². The summed E-state index contributed by atoms with van der Waals surface area (Å²) in [6, 6.07) is 10.9. The number of hydrogen-bond donors (Lipinski definition) is 0. The van der Waals surface area contributed by atoms with E-state index in [9.17, 15) is 13.7 Å². The summed E-state index contributed by atoms with van der Waals surface area (Å²) in [6.45, 7) is 5.68. The van der Waals surface area contributed by atoms with E-state index in [0.29, 0.717) is 17.1 Å². The van der Waals surface area contributed by atoms with Crippen LogP contribution in [0.25, 0.3) is 11.0 Å². The van der Waals surface area contributed by atoms with Crippen molar-refractivity contribution < 1.29 is 8.42 Å². The van der Waals surface area contributed by atoms with E-state index in [4.69, 9.17) is 0 Å². The summed E-state index contributed by atoms with van der Waals surface area (Å²) in [7, 11) is -3.95. The topological polar surface area (TPSA) is 82.2 Å². The number of aryl methyl sites for hydroxylation is 1. The van der Waals surface area contributed by atoms with Gasteiger partial charge in [-0.05, 0) is 56.1 Å². The second-order valence-corrected chi connectivity index (χ2v) is 9.86. The first-order valence-electron chi connectivity index (χ1n) is 10.2. The van der Waals surface area contributed by atoms with E-state index in [1.54, 1.807) is 42.7 Å². The van der Waals surface area contributed by atoms with Crippen LogP contribution < -0.4 is 4.90 Å². The largest absolute Gasteiger partial charge is 0.366 e. The lowest BCUT2D eigenvalue weighted by atomic mass is 10.1. The maximum absolute atomic E-state index is 13.6. The molecule has 2 aromatic heterocycles. The molecular weight excluding hydrogens is 398 g/mol. The molecule has 0 aliphatic carbocycles. The molecule has 2 saturated heterocycles. The number of fused-ring (bicyclic) bond motifs is 2. The molecule has 0 N–H and O–H groups in total. The molecular formula is C22H23N5O2S. The Morgan fingerprint density at radius 3 is 2.90 bits per heavy atom. The summed E-state index contributed by atoms with van der Waals surface area (Å²) in [4.78, 5) is 9.33. The molecule has 3 aromatic rings. The summed E-state index contributed by atoms with van der Waals surface area (Å²) in [5, 5.41) is 9.48. The Morgan fingerprint density at radius 1 is 1.20 bits per heavy atom. The van der Waals surface area contributed by atoms with Gasteiger partial charge in [0.25, 0.3) is 10.0 Å². The van der Waals surface area contributed by atoms with Crippen LogP contribution in [0.3, 0.4) is 0 Å². The summed E-state index contributed by atoms with van der Waals surface area (Å²) < 4.78 is 28.5. The Labute approximate surface area is 176 Å². The molecule has 0 radical (unpaired) electrons. The number of nitrogens with zero attached hydrogens (tertiary/aromatic N) is 5. The quantitative estimate of drug-likeness (QED) is 0.647. The molecule has 2 aliphatic rings. The SMILES string of the molecule is Cc1ccc(C#N)c(S(=O)(=O)n2cc(N3CCN4CCCC4C3)c3ncccc32)c1. The predicted molar refractivity (Wildman–Crippen MR) is 115 cm³/mol. The van der Waals surface area contributed by atoms with E-state index < -0.39 is 10.0 Å². The molecule has 1 unspecified atom stereocenters. The highest BCUT2D eigenvalue weighted by Crippen LogP contribution is 2.34. The predicted octanol–water partition coefficient (Wildman–Crippen LogP) is 2.74. The molecule has 8 heteroatoms. The molecule has 1 aromatic carbocycles. The minimum Gasteiger partial charge on any atom is -0.366 e. The van der Waals surface area contributed by atoms with Gasteiger partial charge in [0.2, 0.25) is 0 Å². The first-order valence-corrected chi connectivity index (χ1v) is 11.6. The fraction of sp³-hybridized carbons (Fsp3) is 0.364. The lowest BCUT2D eigenvalue weighted by molar-refractivity contribution is 0.231. The molecule has 2 aliphatic heterocycles. The number of anilines is 1. The van der Waals surface area contributed by atoms with Crippen molar-refractivity contribution in [2.45, 2.75) is 30.7 Å². The highest BCUT2D eigenvalue weighted by Gasteiger charge is 2.33. The van der Waals surface area contributed by atoms with Crippen LogP contribution in [0.2, 0.25) is 0 Å². The van der Waals surface area contributed by atoms with Gasteiger partial charge in [0.05, 0.1) is 16.8 Å². The Morgan fingerprint density at radius 2 is 2.07 bits per heavy atom. The lowest BCUT2D eigenvalue weighted by Gasteiger charge is -2.38.